The first-order chi connectivity index (χ1) is 9.58. The first kappa shape index (κ1) is 13.5. The van der Waals surface area contributed by atoms with Crippen LogP contribution in [0.4, 0.5) is 5.69 Å². The van der Waals surface area contributed by atoms with Crippen LogP contribution < -0.4 is 0 Å². The van der Waals surface area contributed by atoms with Gasteiger partial charge in [0.1, 0.15) is 5.56 Å². The third kappa shape index (κ3) is 3.09. The third-order valence-electron chi connectivity index (χ3n) is 2.72. The third-order valence-corrected chi connectivity index (χ3v) is 2.72. The van der Waals surface area contributed by atoms with Crippen LogP contribution in [0.2, 0.25) is 0 Å². The molecule has 0 N–H and O–H groups in total. The van der Waals surface area contributed by atoms with Gasteiger partial charge in [0.25, 0.3) is 5.69 Å². The molecule has 0 aliphatic rings. The highest BCUT2D eigenvalue weighted by Gasteiger charge is 2.14. The Bertz CT molecular complexity index is 724. The van der Waals surface area contributed by atoms with Crippen molar-refractivity contribution in [2.75, 3.05) is 0 Å². The average Bonchev–Trinajstić information content (AvgIpc) is 2.45. The summed E-state index contributed by atoms with van der Waals surface area (Å²) in [5, 5.41) is 11.0. The lowest BCUT2D eigenvalue weighted by molar-refractivity contribution is -0.385. The van der Waals surface area contributed by atoms with E-state index >= 15 is 0 Å². The number of nitrogens with zero attached hydrogens (tertiary/aromatic N) is 1. The molecule has 0 fully saturated rings. The van der Waals surface area contributed by atoms with Crippen molar-refractivity contribution in [2.24, 2.45) is 0 Å². The molecule has 2 aromatic rings. The summed E-state index contributed by atoms with van der Waals surface area (Å²) in [7, 11) is 0. The lowest BCUT2D eigenvalue weighted by Gasteiger charge is -1.98. The van der Waals surface area contributed by atoms with Crippen molar-refractivity contribution in [2.45, 2.75) is 6.92 Å². The molecule has 2 aromatic carbocycles. The summed E-state index contributed by atoms with van der Waals surface area (Å²) in [6.07, 6.45) is 0. The molecule has 0 amide bonds. The lowest BCUT2D eigenvalue weighted by atomic mass is 10.1. The summed E-state index contributed by atoms with van der Waals surface area (Å²) in [5.41, 5.74) is 1.23. The van der Waals surface area contributed by atoms with E-state index < -0.39 is 4.92 Å². The van der Waals surface area contributed by atoms with Crippen LogP contribution in [0.1, 0.15) is 28.4 Å². The normalized spacial score (nSPS) is 9.45. The van der Waals surface area contributed by atoms with Gasteiger partial charge in [-0.05, 0) is 31.2 Å². The highest BCUT2D eigenvalue weighted by atomic mass is 16.6. The molecule has 0 aliphatic carbocycles. The summed E-state index contributed by atoms with van der Waals surface area (Å²) in [6, 6.07) is 13.5. The maximum Gasteiger partial charge on any atom is 0.285 e. The quantitative estimate of drug-likeness (QED) is 0.362. The Labute approximate surface area is 116 Å². The second-order valence-corrected chi connectivity index (χ2v) is 4.16. The van der Waals surface area contributed by atoms with Gasteiger partial charge in [0.05, 0.1) is 4.92 Å². The van der Waals surface area contributed by atoms with E-state index in [1.165, 1.54) is 19.1 Å². The number of nitro benzene ring substituents is 1. The molecule has 0 saturated carbocycles. The Morgan fingerprint density at radius 3 is 2.40 bits per heavy atom. The Hall–Kier alpha value is -2.93. The van der Waals surface area contributed by atoms with E-state index in [1.807, 2.05) is 30.3 Å². The van der Waals surface area contributed by atoms with Crippen molar-refractivity contribution in [3.8, 4) is 11.8 Å². The molecule has 20 heavy (non-hydrogen) atoms. The smallest absolute Gasteiger partial charge is 0.285 e. The Kier molecular flexibility index (Phi) is 3.92. The van der Waals surface area contributed by atoms with Crippen LogP contribution in [0.15, 0.2) is 48.5 Å². The van der Waals surface area contributed by atoms with Crippen molar-refractivity contribution in [1.29, 1.82) is 0 Å². The first-order valence-electron chi connectivity index (χ1n) is 5.94. The molecule has 2 rings (SSSR count). The fourth-order valence-corrected chi connectivity index (χ4v) is 1.67. The number of hydrogen-bond acceptors (Lipinski definition) is 3. The van der Waals surface area contributed by atoms with Gasteiger partial charge in [-0.3, -0.25) is 14.9 Å². The predicted octanol–water partition coefficient (Wildman–Crippen LogP) is 3.20. The van der Waals surface area contributed by atoms with Crippen molar-refractivity contribution in [3.05, 3.63) is 75.3 Å². The summed E-state index contributed by atoms with van der Waals surface area (Å²) in [6.45, 7) is 1.37. The number of rotatable bonds is 2. The van der Waals surface area contributed by atoms with E-state index in [0.717, 1.165) is 5.56 Å². The summed E-state index contributed by atoms with van der Waals surface area (Å²) >= 11 is 0. The van der Waals surface area contributed by atoms with Crippen LogP contribution in [0, 0.1) is 22.0 Å². The molecule has 0 unspecified atom stereocenters. The van der Waals surface area contributed by atoms with E-state index in [2.05, 4.69) is 11.8 Å². The van der Waals surface area contributed by atoms with Gasteiger partial charge in [-0.1, -0.05) is 30.0 Å². The molecule has 0 saturated heterocycles. The van der Waals surface area contributed by atoms with Crippen molar-refractivity contribution in [3.63, 3.8) is 0 Å². The van der Waals surface area contributed by atoms with Gasteiger partial charge in [0, 0.05) is 17.2 Å². The molecule has 0 bridgehead atoms. The molecule has 0 radical (unpaired) electrons. The van der Waals surface area contributed by atoms with Crippen molar-refractivity contribution in [1.82, 2.24) is 0 Å². The van der Waals surface area contributed by atoms with Crippen molar-refractivity contribution >= 4 is 11.5 Å². The number of Topliss-reactive ketones (excluding diaryl/α,β-unsaturated/α-hetero) is 1. The Morgan fingerprint density at radius 1 is 1.10 bits per heavy atom. The first-order valence-corrected chi connectivity index (χ1v) is 5.94. The number of nitro groups is 1. The SMILES string of the molecule is CC(=O)c1ccc(C#Cc2ccccc2)c([N+](=O)[O-])c1. The van der Waals surface area contributed by atoms with Gasteiger partial charge in [0.15, 0.2) is 5.78 Å². The van der Waals surface area contributed by atoms with Crippen molar-refractivity contribution < 1.29 is 9.72 Å². The zero-order valence-corrected chi connectivity index (χ0v) is 10.8. The van der Waals surface area contributed by atoms with Crippen LogP contribution in [-0.4, -0.2) is 10.7 Å². The Balaban J connectivity index is 2.45. The van der Waals surface area contributed by atoms with Crippen LogP contribution in [-0.2, 0) is 0 Å². The largest absolute Gasteiger partial charge is 0.295 e. The van der Waals surface area contributed by atoms with Gasteiger partial charge in [-0.15, -0.1) is 0 Å². The highest BCUT2D eigenvalue weighted by molar-refractivity contribution is 5.95. The minimum absolute atomic E-state index is 0.152. The molecular formula is C16H11NO3. The minimum Gasteiger partial charge on any atom is -0.295 e. The second-order valence-electron chi connectivity index (χ2n) is 4.16. The van der Waals surface area contributed by atoms with Crippen LogP contribution in [0.3, 0.4) is 0 Å². The molecule has 4 nitrogen and oxygen atoms in total. The molecule has 0 atom stereocenters. The number of hydrogen-bond donors (Lipinski definition) is 0. The van der Waals surface area contributed by atoms with Gasteiger partial charge < -0.3 is 0 Å². The number of carbonyl (C=O) groups excluding carboxylic acids is 1. The molecule has 0 aliphatic heterocycles. The second kappa shape index (κ2) is 5.81. The highest BCUT2D eigenvalue weighted by Crippen LogP contribution is 2.20. The average molecular weight is 265 g/mol. The Morgan fingerprint density at radius 2 is 1.80 bits per heavy atom. The lowest BCUT2D eigenvalue weighted by Crippen LogP contribution is -1.97. The monoisotopic (exact) mass is 265 g/mol. The van der Waals surface area contributed by atoms with E-state index in [4.69, 9.17) is 0 Å². The zero-order valence-electron chi connectivity index (χ0n) is 10.8. The minimum atomic E-state index is -0.526. The fraction of sp³-hybridized carbons (Fsp3) is 0.0625. The van der Waals surface area contributed by atoms with Crippen LogP contribution >= 0.6 is 0 Å². The standard InChI is InChI=1S/C16H11NO3/c1-12(18)15-10-9-14(16(11-15)17(19)20)8-7-13-5-3-2-4-6-13/h2-6,9-11H,1H3. The predicted molar refractivity (Wildman–Crippen MR) is 75.5 cm³/mol. The number of ketones is 1. The van der Waals surface area contributed by atoms with E-state index in [1.54, 1.807) is 6.07 Å². The van der Waals surface area contributed by atoms with Gasteiger partial charge in [-0.2, -0.15) is 0 Å². The summed E-state index contributed by atoms with van der Waals surface area (Å²) in [4.78, 5) is 21.8. The van der Waals surface area contributed by atoms with Gasteiger partial charge in [-0.25, -0.2) is 0 Å². The molecule has 0 spiro atoms. The number of carbonyl (C=O) groups is 1. The summed E-state index contributed by atoms with van der Waals surface area (Å²) < 4.78 is 0. The molecule has 98 valence electrons. The van der Waals surface area contributed by atoms with Crippen LogP contribution in [0.25, 0.3) is 0 Å². The van der Waals surface area contributed by atoms with E-state index in [0.29, 0.717) is 11.1 Å². The topological polar surface area (TPSA) is 60.2 Å². The number of benzene rings is 2. The fourth-order valence-electron chi connectivity index (χ4n) is 1.67. The maximum atomic E-state index is 11.3. The molecule has 0 heterocycles. The summed E-state index contributed by atoms with van der Waals surface area (Å²) in [5.74, 6) is 5.43. The zero-order chi connectivity index (χ0) is 14.5. The van der Waals surface area contributed by atoms with Gasteiger partial charge in [0.2, 0.25) is 0 Å². The van der Waals surface area contributed by atoms with E-state index in [-0.39, 0.29) is 11.5 Å². The molecular weight excluding hydrogens is 254 g/mol. The van der Waals surface area contributed by atoms with E-state index in [9.17, 15) is 14.9 Å². The molecule has 4 heteroatoms. The van der Waals surface area contributed by atoms with Crippen LogP contribution in [0.5, 0.6) is 0 Å². The maximum absolute atomic E-state index is 11.3. The van der Waals surface area contributed by atoms with Gasteiger partial charge >= 0.3 is 0 Å². The molecule has 0 aromatic heterocycles.